The molecule has 1 amide bonds. The van der Waals surface area contributed by atoms with E-state index in [0.717, 1.165) is 18.4 Å². The topological polar surface area (TPSA) is 105 Å². The van der Waals surface area contributed by atoms with Gasteiger partial charge in [-0.2, -0.15) is 5.10 Å². The van der Waals surface area contributed by atoms with Crippen molar-refractivity contribution in [3.63, 3.8) is 0 Å². The van der Waals surface area contributed by atoms with Crippen molar-refractivity contribution in [3.05, 3.63) is 114 Å². The maximum Gasteiger partial charge on any atom is 0.343 e. The van der Waals surface area contributed by atoms with Crippen LogP contribution in [-0.2, 0) is 11.4 Å². The van der Waals surface area contributed by atoms with Crippen LogP contribution in [0, 0.1) is 0 Å². The number of esters is 1. The molecular weight excluding hydrogens is 560 g/mol. The number of hydrogen-bond acceptors (Lipinski definition) is 8. The van der Waals surface area contributed by atoms with Gasteiger partial charge >= 0.3 is 5.97 Å². The first-order valence-electron chi connectivity index (χ1n) is 14.3. The van der Waals surface area contributed by atoms with Crippen molar-refractivity contribution in [3.8, 4) is 28.7 Å². The quantitative estimate of drug-likeness (QED) is 0.0543. The number of rotatable bonds is 15. The molecule has 9 nitrogen and oxygen atoms in total. The Kier molecular flexibility index (Phi) is 11.8. The van der Waals surface area contributed by atoms with Gasteiger partial charge in [0.2, 0.25) is 0 Å². The summed E-state index contributed by atoms with van der Waals surface area (Å²) in [4.78, 5) is 25.2. The lowest BCUT2D eigenvalue weighted by molar-refractivity contribution is -0.127. The first-order chi connectivity index (χ1) is 21.4. The molecule has 0 saturated heterocycles. The van der Waals surface area contributed by atoms with Crippen LogP contribution in [0.3, 0.4) is 0 Å². The molecule has 228 valence electrons. The Bertz CT molecular complexity index is 1520. The Balaban J connectivity index is 1.25. The number of carbonyl (C=O) groups excluding carboxylic acids is 2. The minimum Gasteiger partial charge on any atom is -0.494 e. The molecule has 1 atom stereocenters. The third kappa shape index (κ3) is 9.62. The van der Waals surface area contributed by atoms with Crippen LogP contribution >= 0.6 is 0 Å². The number of hydrazone groups is 1. The number of benzene rings is 4. The van der Waals surface area contributed by atoms with E-state index >= 15 is 0 Å². The highest BCUT2D eigenvalue weighted by molar-refractivity contribution is 5.92. The van der Waals surface area contributed by atoms with E-state index < -0.39 is 18.0 Å². The molecule has 4 aromatic rings. The normalized spacial score (nSPS) is 11.4. The van der Waals surface area contributed by atoms with Crippen LogP contribution < -0.4 is 29.1 Å². The van der Waals surface area contributed by atoms with Gasteiger partial charge in [-0.05, 0) is 91.2 Å². The van der Waals surface area contributed by atoms with Crippen LogP contribution in [-0.4, -0.2) is 37.9 Å². The molecule has 1 N–H and O–H groups in total. The molecule has 0 bridgehead atoms. The molecule has 0 aromatic heterocycles. The Morgan fingerprint density at radius 1 is 0.841 bits per heavy atom. The van der Waals surface area contributed by atoms with Crippen LogP contribution in [0.15, 0.2) is 102 Å². The summed E-state index contributed by atoms with van der Waals surface area (Å²) in [6.07, 6.45) is 2.67. The van der Waals surface area contributed by atoms with Crippen LogP contribution in [0.1, 0.15) is 48.2 Å². The standard InChI is InChI=1S/C35H36N2O7/c1-4-5-21-41-29-14-12-28(13-15-29)35(39)44-32-20-11-27(22-33(32)40-3)23-36-37-34(38)25(2)43-31-18-16-30(17-19-31)42-24-26-9-7-6-8-10-26/h6-20,22-23,25H,4-5,21,24H2,1-3H3,(H,37,38)/b36-23-/t25-/m0/s1. The van der Waals surface area contributed by atoms with E-state index in [4.69, 9.17) is 23.7 Å². The van der Waals surface area contributed by atoms with Gasteiger partial charge in [0.05, 0.1) is 25.5 Å². The van der Waals surface area contributed by atoms with Crippen LogP contribution in [0.4, 0.5) is 0 Å². The minimum absolute atomic E-state index is 0.250. The van der Waals surface area contributed by atoms with Crippen LogP contribution in [0.5, 0.6) is 28.7 Å². The zero-order valence-electron chi connectivity index (χ0n) is 25.0. The van der Waals surface area contributed by atoms with Gasteiger partial charge in [0.15, 0.2) is 17.6 Å². The average molecular weight is 597 g/mol. The highest BCUT2D eigenvalue weighted by Crippen LogP contribution is 2.28. The van der Waals surface area contributed by atoms with E-state index in [0.29, 0.717) is 47.3 Å². The molecule has 0 saturated carbocycles. The molecule has 0 aliphatic carbocycles. The van der Waals surface area contributed by atoms with Crippen LogP contribution in [0.2, 0.25) is 0 Å². The monoisotopic (exact) mass is 596 g/mol. The molecule has 0 fully saturated rings. The number of ether oxygens (including phenoxy) is 5. The molecule has 4 rings (SSSR count). The minimum atomic E-state index is -0.795. The summed E-state index contributed by atoms with van der Waals surface area (Å²) in [5.74, 6) is 1.55. The summed E-state index contributed by atoms with van der Waals surface area (Å²) in [7, 11) is 1.47. The van der Waals surface area contributed by atoms with Crippen molar-refractivity contribution < 1.29 is 33.3 Å². The second-order valence-electron chi connectivity index (χ2n) is 9.77. The fourth-order valence-corrected chi connectivity index (χ4v) is 3.90. The van der Waals surface area contributed by atoms with Crippen molar-refractivity contribution in [1.29, 1.82) is 0 Å². The number of amides is 1. The highest BCUT2D eigenvalue weighted by Gasteiger charge is 2.15. The zero-order valence-corrected chi connectivity index (χ0v) is 25.0. The first kappa shape index (κ1) is 31.6. The van der Waals surface area contributed by atoms with Crippen molar-refractivity contribution in [1.82, 2.24) is 5.43 Å². The largest absolute Gasteiger partial charge is 0.494 e. The summed E-state index contributed by atoms with van der Waals surface area (Å²) >= 11 is 0. The van der Waals surface area contributed by atoms with Crippen molar-refractivity contribution in [2.24, 2.45) is 5.10 Å². The number of hydrogen-bond donors (Lipinski definition) is 1. The van der Waals surface area contributed by atoms with Gasteiger partial charge in [-0.25, -0.2) is 10.2 Å². The molecular formula is C35H36N2O7. The lowest BCUT2D eigenvalue weighted by Crippen LogP contribution is -2.33. The van der Waals surface area contributed by atoms with Crippen molar-refractivity contribution in [2.45, 2.75) is 39.4 Å². The van der Waals surface area contributed by atoms with E-state index in [1.54, 1.807) is 73.7 Å². The molecule has 9 heteroatoms. The maximum atomic E-state index is 12.7. The molecule has 0 radical (unpaired) electrons. The first-order valence-corrected chi connectivity index (χ1v) is 14.3. The summed E-state index contributed by atoms with van der Waals surface area (Å²) < 4.78 is 28.1. The lowest BCUT2D eigenvalue weighted by atomic mass is 10.2. The van der Waals surface area contributed by atoms with Gasteiger partial charge in [-0.15, -0.1) is 0 Å². The summed E-state index contributed by atoms with van der Waals surface area (Å²) in [5, 5.41) is 4.02. The van der Waals surface area contributed by atoms with Gasteiger partial charge in [0.25, 0.3) is 5.91 Å². The summed E-state index contributed by atoms with van der Waals surface area (Å²) in [6, 6.07) is 28.6. The molecule has 0 aliphatic heterocycles. The smallest absolute Gasteiger partial charge is 0.343 e. The second-order valence-corrected chi connectivity index (χ2v) is 9.77. The van der Waals surface area contributed by atoms with Gasteiger partial charge < -0.3 is 23.7 Å². The number of methoxy groups -OCH3 is 1. The Labute approximate surface area is 257 Å². The van der Waals surface area contributed by atoms with E-state index in [2.05, 4.69) is 17.5 Å². The molecule has 44 heavy (non-hydrogen) atoms. The number of nitrogens with one attached hydrogen (secondary N) is 1. The predicted molar refractivity (Wildman–Crippen MR) is 168 cm³/mol. The Morgan fingerprint density at radius 2 is 1.52 bits per heavy atom. The van der Waals surface area contributed by atoms with E-state index in [9.17, 15) is 9.59 Å². The van der Waals surface area contributed by atoms with Crippen molar-refractivity contribution >= 4 is 18.1 Å². The summed E-state index contributed by atoms with van der Waals surface area (Å²) in [6.45, 7) is 4.81. The van der Waals surface area contributed by atoms with Gasteiger partial charge in [0.1, 0.15) is 23.9 Å². The summed E-state index contributed by atoms with van der Waals surface area (Å²) in [5.41, 5.74) is 4.55. The Hall–Kier alpha value is -5.31. The van der Waals surface area contributed by atoms with E-state index in [1.165, 1.54) is 13.3 Å². The average Bonchev–Trinajstić information content (AvgIpc) is 3.05. The number of unbranched alkanes of at least 4 members (excludes halogenated alkanes) is 1. The fourth-order valence-electron chi connectivity index (χ4n) is 3.90. The third-order valence-electron chi connectivity index (χ3n) is 6.39. The number of carbonyl (C=O) groups is 2. The van der Waals surface area contributed by atoms with Gasteiger partial charge in [-0.3, -0.25) is 4.79 Å². The Morgan fingerprint density at radius 3 is 2.23 bits per heavy atom. The van der Waals surface area contributed by atoms with Gasteiger partial charge in [0, 0.05) is 0 Å². The van der Waals surface area contributed by atoms with Crippen molar-refractivity contribution in [2.75, 3.05) is 13.7 Å². The second kappa shape index (κ2) is 16.4. The van der Waals surface area contributed by atoms with E-state index in [-0.39, 0.29) is 5.75 Å². The zero-order chi connectivity index (χ0) is 31.1. The third-order valence-corrected chi connectivity index (χ3v) is 6.39. The van der Waals surface area contributed by atoms with Gasteiger partial charge in [-0.1, -0.05) is 43.7 Å². The molecule has 0 heterocycles. The SMILES string of the molecule is CCCCOc1ccc(C(=O)Oc2ccc(/C=N\NC(=O)[C@H](C)Oc3ccc(OCc4ccccc4)cc3)cc2OC)cc1. The maximum absolute atomic E-state index is 12.7. The lowest BCUT2D eigenvalue weighted by Gasteiger charge is -2.13. The molecule has 0 spiro atoms. The van der Waals surface area contributed by atoms with Crippen LogP contribution in [0.25, 0.3) is 0 Å². The molecule has 0 unspecified atom stereocenters. The fraction of sp³-hybridized carbons (Fsp3) is 0.229. The molecule has 4 aromatic carbocycles. The predicted octanol–water partition coefficient (Wildman–Crippen LogP) is 6.59. The molecule has 0 aliphatic rings. The number of nitrogens with zero attached hydrogens (tertiary/aromatic N) is 1. The van der Waals surface area contributed by atoms with E-state index in [1.807, 2.05) is 30.3 Å². The highest BCUT2D eigenvalue weighted by atomic mass is 16.6.